The standard InChI is InChI=1S/C14H22N2O3/c1-10(16(2)11-4-5-11)8-15-9-12-6-7-13(19-12)14(17)18-3/h6-7,10-11,15H,4-5,8-9H2,1-3H3. The molecule has 2 rings (SSSR count). The van der Waals surface area contributed by atoms with Gasteiger partial charge in [-0.25, -0.2) is 4.79 Å². The molecule has 1 aliphatic rings. The van der Waals surface area contributed by atoms with Crippen molar-refractivity contribution in [3.8, 4) is 0 Å². The molecule has 0 spiro atoms. The molecule has 0 radical (unpaired) electrons. The van der Waals surface area contributed by atoms with Gasteiger partial charge in [0.05, 0.1) is 13.7 Å². The van der Waals surface area contributed by atoms with E-state index in [0.29, 0.717) is 12.6 Å². The summed E-state index contributed by atoms with van der Waals surface area (Å²) in [6.07, 6.45) is 2.64. The third-order valence-corrected chi connectivity index (χ3v) is 3.61. The highest BCUT2D eigenvalue weighted by atomic mass is 16.5. The van der Waals surface area contributed by atoms with Gasteiger partial charge in [-0.05, 0) is 38.9 Å². The molecule has 1 atom stereocenters. The lowest BCUT2D eigenvalue weighted by molar-refractivity contribution is 0.0563. The molecule has 0 amide bonds. The number of likely N-dealkylation sites (N-methyl/N-ethyl adjacent to an activating group) is 1. The SMILES string of the molecule is COC(=O)c1ccc(CNCC(C)N(C)C2CC2)o1. The number of esters is 1. The Hall–Kier alpha value is -1.33. The molecule has 1 fully saturated rings. The molecule has 0 aliphatic heterocycles. The van der Waals surface area contributed by atoms with E-state index in [-0.39, 0.29) is 5.76 Å². The topological polar surface area (TPSA) is 54.7 Å². The van der Waals surface area contributed by atoms with Crippen LogP contribution in [0.5, 0.6) is 0 Å². The first-order valence-electron chi connectivity index (χ1n) is 6.71. The number of furan rings is 1. The summed E-state index contributed by atoms with van der Waals surface area (Å²) < 4.78 is 9.99. The summed E-state index contributed by atoms with van der Waals surface area (Å²) in [7, 11) is 3.52. The van der Waals surface area contributed by atoms with E-state index in [2.05, 4.69) is 28.9 Å². The van der Waals surface area contributed by atoms with Crippen LogP contribution in [0.2, 0.25) is 0 Å². The van der Waals surface area contributed by atoms with Gasteiger partial charge in [0, 0.05) is 18.6 Å². The molecular weight excluding hydrogens is 244 g/mol. The molecule has 5 heteroatoms. The van der Waals surface area contributed by atoms with E-state index in [1.165, 1.54) is 20.0 Å². The number of ether oxygens (including phenoxy) is 1. The van der Waals surface area contributed by atoms with Crippen LogP contribution >= 0.6 is 0 Å². The lowest BCUT2D eigenvalue weighted by Gasteiger charge is -2.24. The second-order valence-corrected chi connectivity index (χ2v) is 5.13. The third kappa shape index (κ3) is 3.81. The zero-order chi connectivity index (χ0) is 13.8. The first-order chi connectivity index (χ1) is 9.11. The minimum atomic E-state index is -0.437. The number of hydrogen-bond acceptors (Lipinski definition) is 5. The smallest absolute Gasteiger partial charge is 0.373 e. The lowest BCUT2D eigenvalue weighted by Crippen LogP contribution is -2.38. The molecule has 1 saturated carbocycles. The fraction of sp³-hybridized carbons (Fsp3) is 0.643. The molecule has 19 heavy (non-hydrogen) atoms. The monoisotopic (exact) mass is 266 g/mol. The van der Waals surface area contributed by atoms with Gasteiger partial charge < -0.3 is 14.5 Å². The maximum absolute atomic E-state index is 11.2. The van der Waals surface area contributed by atoms with Crippen LogP contribution in [0, 0.1) is 0 Å². The highest BCUT2D eigenvalue weighted by Gasteiger charge is 2.28. The van der Waals surface area contributed by atoms with Gasteiger partial charge in [-0.2, -0.15) is 0 Å². The van der Waals surface area contributed by atoms with Crippen LogP contribution in [0.3, 0.4) is 0 Å². The Labute approximate surface area is 113 Å². The Bertz CT molecular complexity index is 426. The van der Waals surface area contributed by atoms with Gasteiger partial charge in [-0.3, -0.25) is 4.90 Å². The first kappa shape index (κ1) is 14.1. The van der Waals surface area contributed by atoms with E-state index in [1.54, 1.807) is 12.1 Å². The molecule has 5 nitrogen and oxygen atoms in total. The van der Waals surface area contributed by atoms with Crippen LogP contribution < -0.4 is 5.32 Å². The zero-order valence-corrected chi connectivity index (χ0v) is 11.8. The minimum Gasteiger partial charge on any atom is -0.463 e. The van der Waals surface area contributed by atoms with Crippen LogP contribution in [-0.4, -0.2) is 43.7 Å². The number of nitrogens with zero attached hydrogens (tertiary/aromatic N) is 1. The van der Waals surface area contributed by atoms with Crippen LogP contribution in [0.1, 0.15) is 36.1 Å². The molecule has 1 aromatic rings. The summed E-state index contributed by atoms with van der Waals surface area (Å²) in [5.74, 6) is 0.567. The van der Waals surface area contributed by atoms with Crippen molar-refractivity contribution < 1.29 is 13.9 Å². The molecule has 1 heterocycles. The zero-order valence-electron chi connectivity index (χ0n) is 11.8. The number of rotatable bonds is 7. The first-order valence-corrected chi connectivity index (χ1v) is 6.71. The van der Waals surface area contributed by atoms with E-state index in [1.807, 2.05) is 0 Å². The maximum atomic E-state index is 11.2. The van der Waals surface area contributed by atoms with Crippen LogP contribution in [0.15, 0.2) is 16.5 Å². The van der Waals surface area contributed by atoms with Gasteiger partial charge in [0.15, 0.2) is 0 Å². The Morgan fingerprint density at radius 1 is 1.58 bits per heavy atom. The van der Waals surface area contributed by atoms with Crippen LogP contribution in [0.4, 0.5) is 0 Å². The average Bonchev–Trinajstić information content (AvgIpc) is 3.16. The van der Waals surface area contributed by atoms with Crippen molar-refractivity contribution in [2.24, 2.45) is 0 Å². The molecule has 0 aromatic carbocycles. The van der Waals surface area contributed by atoms with E-state index >= 15 is 0 Å². The highest BCUT2D eigenvalue weighted by Crippen LogP contribution is 2.26. The lowest BCUT2D eigenvalue weighted by atomic mass is 10.3. The fourth-order valence-electron chi connectivity index (χ4n) is 2.07. The molecule has 1 aromatic heterocycles. The van der Waals surface area contributed by atoms with Crippen molar-refractivity contribution in [3.63, 3.8) is 0 Å². The normalized spacial score (nSPS) is 16.6. The number of nitrogens with one attached hydrogen (secondary N) is 1. The van der Waals surface area contributed by atoms with Crippen molar-refractivity contribution >= 4 is 5.97 Å². The van der Waals surface area contributed by atoms with E-state index < -0.39 is 5.97 Å². The summed E-state index contributed by atoms with van der Waals surface area (Å²) in [4.78, 5) is 13.6. The predicted octanol–water partition coefficient (Wildman–Crippen LogP) is 1.64. The average molecular weight is 266 g/mol. The van der Waals surface area contributed by atoms with E-state index in [9.17, 15) is 4.79 Å². The van der Waals surface area contributed by atoms with E-state index in [4.69, 9.17) is 4.42 Å². The van der Waals surface area contributed by atoms with Crippen LogP contribution in [-0.2, 0) is 11.3 Å². The second kappa shape index (κ2) is 6.21. The van der Waals surface area contributed by atoms with Crippen LogP contribution in [0.25, 0.3) is 0 Å². The largest absolute Gasteiger partial charge is 0.463 e. The summed E-state index contributed by atoms with van der Waals surface area (Å²) in [5.41, 5.74) is 0. The second-order valence-electron chi connectivity index (χ2n) is 5.13. The quantitative estimate of drug-likeness (QED) is 0.760. The van der Waals surface area contributed by atoms with Gasteiger partial charge in [0.1, 0.15) is 5.76 Å². The van der Waals surface area contributed by atoms with Gasteiger partial charge in [-0.15, -0.1) is 0 Å². The summed E-state index contributed by atoms with van der Waals surface area (Å²) in [6.45, 7) is 3.74. The Balaban J connectivity index is 1.73. The van der Waals surface area contributed by atoms with Gasteiger partial charge in [0.2, 0.25) is 5.76 Å². The Kier molecular flexibility index (Phi) is 4.61. The fourth-order valence-corrected chi connectivity index (χ4v) is 2.07. The molecule has 1 aliphatic carbocycles. The number of carbonyl (C=O) groups excluding carboxylic acids is 1. The summed E-state index contributed by atoms with van der Waals surface area (Å²) >= 11 is 0. The number of methoxy groups -OCH3 is 1. The molecule has 1 unspecified atom stereocenters. The summed E-state index contributed by atoms with van der Waals surface area (Å²) in [6, 6.07) is 4.71. The third-order valence-electron chi connectivity index (χ3n) is 3.61. The minimum absolute atomic E-state index is 0.252. The number of carbonyl (C=O) groups is 1. The van der Waals surface area contributed by atoms with Crippen molar-refractivity contribution in [2.75, 3.05) is 20.7 Å². The Morgan fingerprint density at radius 2 is 2.32 bits per heavy atom. The molecule has 106 valence electrons. The van der Waals surface area contributed by atoms with Crippen molar-refractivity contribution in [1.29, 1.82) is 0 Å². The predicted molar refractivity (Wildman–Crippen MR) is 72.0 cm³/mol. The van der Waals surface area contributed by atoms with Gasteiger partial charge >= 0.3 is 5.97 Å². The molecule has 0 saturated heterocycles. The van der Waals surface area contributed by atoms with Gasteiger partial charge in [0.25, 0.3) is 0 Å². The molecule has 0 bridgehead atoms. The summed E-state index contributed by atoms with van der Waals surface area (Å²) in [5, 5.41) is 3.35. The highest BCUT2D eigenvalue weighted by molar-refractivity contribution is 5.86. The van der Waals surface area contributed by atoms with Crippen molar-refractivity contribution in [2.45, 2.75) is 38.4 Å². The van der Waals surface area contributed by atoms with Crippen molar-refractivity contribution in [3.05, 3.63) is 23.7 Å². The van der Waals surface area contributed by atoms with E-state index in [0.717, 1.165) is 18.3 Å². The van der Waals surface area contributed by atoms with Gasteiger partial charge in [-0.1, -0.05) is 0 Å². The van der Waals surface area contributed by atoms with Crippen molar-refractivity contribution in [1.82, 2.24) is 10.2 Å². The molecular formula is C14H22N2O3. The number of hydrogen-bond donors (Lipinski definition) is 1. The maximum Gasteiger partial charge on any atom is 0.373 e. The molecule has 1 N–H and O–H groups in total. The Morgan fingerprint density at radius 3 is 2.95 bits per heavy atom.